The van der Waals surface area contributed by atoms with Crippen molar-refractivity contribution in [3.05, 3.63) is 42.4 Å². The topological polar surface area (TPSA) is 67.1 Å². The molecule has 1 aliphatic rings. The molecule has 4 rings (SSSR count). The minimum Gasteiger partial charge on any atom is -0.333 e. The number of hydrogen-bond donors (Lipinski definition) is 1. The molecule has 1 atom stereocenters. The van der Waals surface area contributed by atoms with Crippen LogP contribution in [0.15, 0.2) is 41.1 Å². The number of nitrogens with one attached hydrogen (secondary N) is 1. The second-order valence-corrected chi connectivity index (χ2v) is 6.58. The number of aromatic nitrogens is 3. The Hall–Kier alpha value is -1.80. The van der Waals surface area contributed by atoms with Gasteiger partial charge in [-0.05, 0) is 7.05 Å². The smallest absolute Gasteiger partial charge is 0.269 e. The summed E-state index contributed by atoms with van der Waals surface area (Å²) in [6.45, 7) is 2.81. The second-order valence-electron chi connectivity index (χ2n) is 5.55. The Morgan fingerprint density at radius 2 is 2.12 bits per heavy atom. The van der Waals surface area contributed by atoms with Gasteiger partial charge in [0, 0.05) is 25.2 Å². The maximum absolute atomic E-state index is 5.46. The molecule has 0 amide bonds. The summed E-state index contributed by atoms with van der Waals surface area (Å²) < 4.78 is 5.46. The summed E-state index contributed by atoms with van der Waals surface area (Å²) in [6, 6.07) is 10.3. The molecule has 8 heteroatoms. The highest BCUT2D eigenvalue weighted by molar-refractivity contribution is 7.18. The van der Waals surface area contributed by atoms with Crippen LogP contribution in [-0.4, -0.2) is 46.7 Å². The van der Waals surface area contributed by atoms with E-state index in [0.717, 1.165) is 40.9 Å². The van der Waals surface area contributed by atoms with Crippen LogP contribution in [0.25, 0.3) is 21.3 Å². The molecule has 1 fully saturated rings. The van der Waals surface area contributed by atoms with Gasteiger partial charge >= 0.3 is 0 Å². The lowest BCUT2D eigenvalue weighted by molar-refractivity contribution is 0.190. The van der Waals surface area contributed by atoms with Gasteiger partial charge in [-0.1, -0.05) is 35.5 Å². The summed E-state index contributed by atoms with van der Waals surface area (Å²) in [5, 5.41) is 8.48. The Balaban J connectivity index is 0.00000169. The lowest BCUT2D eigenvalue weighted by Crippen LogP contribution is -2.44. The predicted molar refractivity (Wildman–Crippen MR) is 96.3 cm³/mol. The van der Waals surface area contributed by atoms with Crippen molar-refractivity contribution in [2.24, 2.45) is 0 Å². The van der Waals surface area contributed by atoms with Gasteiger partial charge in [-0.3, -0.25) is 4.90 Å². The van der Waals surface area contributed by atoms with Gasteiger partial charge in [0.2, 0.25) is 0 Å². The molecule has 2 aromatic heterocycles. The monoisotopic (exact) mass is 363 g/mol. The highest BCUT2D eigenvalue weighted by Gasteiger charge is 2.26. The van der Waals surface area contributed by atoms with Gasteiger partial charge in [-0.15, -0.1) is 23.7 Å². The van der Waals surface area contributed by atoms with Gasteiger partial charge in [0.1, 0.15) is 9.88 Å². The van der Waals surface area contributed by atoms with Crippen LogP contribution < -0.4 is 5.32 Å². The van der Waals surface area contributed by atoms with E-state index in [9.17, 15) is 0 Å². The van der Waals surface area contributed by atoms with Crippen LogP contribution in [-0.2, 0) is 0 Å². The Kier molecular flexibility index (Phi) is 5.25. The third kappa shape index (κ3) is 3.34. The first-order chi connectivity index (χ1) is 11.3. The fourth-order valence-electron chi connectivity index (χ4n) is 2.65. The Bertz CT molecular complexity index is 791. The van der Waals surface area contributed by atoms with Crippen LogP contribution in [0, 0.1) is 0 Å². The first kappa shape index (κ1) is 17.0. The molecule has 126 valence electrons. The summed E-state index contributed by atoms with van der Waals surface area (Å²) in [6.07, 6.45) is 1.80. The molecule has 24 heavy (non-hydrogen) atoms. The zero-order valence-corrected chi connectivity index (χ0v) is 14.8. The van der Waals surface area contributed by atoms with Crippen molar-refractivity contribution < 1.29 is 4.52 Å². The number of nitrogens with zero attached hydrogens (tertiary/aromatic N) is 4. The third-order valence-electron chi connectivity index (χ3n) is 3.99. The second kappa shape index (κ2) is 7.40. The number of halogens is 1. The lowest BCUT2D eigenvalue weighted by atomic mass is 10.2. The Morgan fingerprint density at radius 3 is 2.92 bits per heavy atom. The highest BCUT2D eigenvalue weighted by Crippen LogP contribution is 2.31. The minimum atomic E-state index is 0. The fourth-order valence-corrected chi connectivity index (χ4v) is 3.50. The van der Waals surface area contributed by atoms with E-state index in [1.807, 2.05) is 30.3 Å². The van der Waals surface area contributed by atoms with Crippen molar-refractivity contribution in [1.29, 1.82) is 0 Å². The average molecular weight is 364 g/mol. The number of likely N-dealkylation sites (N-methyl/N-ethyl adjacent to an activating group) is 1. The molecule has 0 bridgehead atoms. The predicted octanol–water partition coefficient (Wildman–Crippen LogP) is 2.86. The van der Waals surface area contributed by atoms with Crippen LogP contribution >= 0.6 is 23.7 Å². The molecule has 3 heterocycles. The zero-order valence-electron chi connectivity index (χ0n) is 13.2. The standard InChI is InChI=1S/C16H17N5OS.ClH/c1-21-8-7-17-9-12(21)14-19-15(22-20-14)13-10-18-16(23-13)11-5-3-2-4-6-11;/h2-6,10,12,17H,7-9H2,1H3;1H. The van der Waals surface area contributed by atoms with E-state index in [1.165, 1.54) is 0 Å². The quantitative estimate of drug-likeness (QED) is 0.771. The van der Waals surface area contributed by atoms with Crippen LogP contribution in [0.3, 0.4) is 0 Å². The van der Waals surface area contributed by atoms with E-state index >= 15 is 0 Å². The van der Waals surface area contributed by atoms with E-state index in [-0.39, 0.29) is 18.4 Å². The fraction of sp³-hybridized carbons (Fsp3) is 0.312. The molecule has 1 unspecified atom stereocenters. The summed E-state index contributed by atoms with van der Waals surface area (Å²) >= 11 is 1.56. The van der Waals surface area contributed by atoms with Gasteiger partial charge < -0.3 is 9.84 Å². The largest absolute Gasteiger partial charge is 0.333 e. The minimum absolute atomic E-state index is 0. The molecular weight excluding hydrogens is 346 g/mol. The number of rotatable bonds is 3. The molecule has 1 aliphatic heterocycles. The van der Waals surface area contributed by atoms with Gasteiger partial charge in [0.05, 0.1) is 12.2 Å². The van der Waals surface area contributed by atoms with E-state index < -0.39 is 0 Å². The van der Waals surface area contributed by atoms with Gasteiger partial charge in [0.15, 0.2) is 5.82 Å². The summed E-state index contributed by atoms with van der Waals surface area (Å²) in [7, 11) is 2.09. The Morgan fingerprint density at radius 1 is 1.29 bits per heavy atom. The number of hydrogen-bond acceptors (Lipinski definition) is 7. The molecule has 0 spiro atoms. The molecule has 1 saturated heterocycles. The first-order valence-electron chi connectivity index (χ1n) is 7.57. The van der Waals surface area contributed by atoms with E-state index in [2.05, 4.69) is 32.4 Å². The van der Waals surface area contributed by atoms with Crippen molar-refractivity contribution >= 4 is 23.7 Å². The first-order valence-corrected chi connectivity index (χ1v) is 8.39. The summed E-state index contributed by atoms with van der Waals surface area (Å²) in [5.74, 6) is 1.27. The Labute approximate surface area is 150 Å². The van der Waals surface area contributed by atoms with Gasteiger partial charge in [-0.2, -0.15) is 4.98 Å². The van der Waals surface area contributed by atoms with Crippen LogP contribution in [0.1, 0.15) is 11.9 Å². The van der Waals surface area contributed by atoms with E-state index in [4.69, 9.17) is 4.52 Å². The third-order valence-corrected chi connectivity index (χ3v) is 5.02. The lowest BCUT2D eigenvalue weighted by Gasteiger charge is -2.30. The van der Waals surface area contributed by atoms with E-state index in [1.54, 1.807) is 17.5 Å². The molecule has 1 N–H and O–H groups in total. The number of thiazole rings is 1. The normalized spacial score (nSPS) is 18.3. The molecule has 0 radical (unpaired) electrons. The van der Waals surface area contributed by atoms with Crippen molar-refractivity contribution in [2.75, 3.05) is 26.7 Å². The summed E-state index contributed by atoms with van der Waals surface area (Å²) in [5.41, 5.74) is 1.10. The molecule has 0 aliphatic carbocycles. The average Bonchev–Trinajstić information content (AvgIpc) is 3.25. The van der Waals surface area contributed by atoms with Crippen molar-refractivity contribution in [2.45, 2.75) is 6.04 Å². The number of benzene rings is 1. The SMILES string of the molecule is CN1CCNCC1c1noc(-c2cnc(-c3ccccc3)s2)n1.Cl. The van der Waals surface area contributed by atoms with Crippen LogP contribution in [0.2, 0.25) is 0 Å². The zero-order chi connectivity index (χ0) is 15.6. The molecule has 1 aromatic carbocycles. The van der Waals surface area contributed by atoms with Crippen molar-refractivity contribution in [3.63, 3.8) is 0 Å². The van der Waals surface area contributed by atoms with Gasteiger partial charge in [0.25, 0.3) is 5.89 Å². The van der Waals surface area contributed by atoms with Crippen LogP contribution in [0.4, 0.5) is 0 Å². The van der Waals surface area contributed by atoms with Gasteiger partial charge in [-0.25, -0.2) is 4.98 Å². The summed E-state index contributed by atoms with van der Waals surface area (Å²) in [4.78, 5) is 12.2. The molecule has 6 nitrogen and oxygen atoms in total. The molecular formula is C16H18ClN5OS. The maximum Gasteiger partial charge on any atom is 0.269 e. The molecule has 0 saturated carbocycles. The van der Waals surface area contributed by atoms with Crippen molar-refractivity contribution in [1.82, 2.24) is 25.3 Å². The van der Waals surface area contributed by atoms with Crippen molar-refractivity contribution in [3.8, 4) is 21.3 Å². The van der Waals surface area contributed by atoms with E-state index in [0.29, 0.717) is 5.89 Å². The molecule has 3 aromatic rings. The highest BCUT2D eigenvalue weighted by atomic mass is 35.5. The van der Waals surface area contributed by atoms with Crippen LogP contribution in [0.5, 0.6) is 0 Å². The maximum atomic E-state index is 5.46. The number of piperazine rings is 1.